The van der Waals surface area contributed by atoms with Crippen LogP contribution >= 0.6 is 0 Å². The highest BCUT2D eigenvalue weighted by molar-refractivity contribution is 5.95. The smallest absolute Gasteiger partial charge is 0.227 e. The van der Waals surface area contributed by atoms with E-state index in [1.54, 1.807) is 7.11 Å². The number of hydrogen-bond donors (Lipinski definition) is 1. The zero-order valence-corrected chi connectivity index (χ0v) is 14.2. The van der Waals surface area contributed by atoms with E-state index < -0.39 is 6.10 Å². The molecule has 0 fully saturated rings. The van der Waals surface area contributed by atoms with Crippen molar-refractivity contribution in [3.8, 4) is 5.75 Å². The SMILES string of the molecule is COc1ccccc1CCC(=O)N1CCC(O)c2cccc(C)c21. The van der Waals surface area contributed by atoms with Gasteiger partial charge in [0.1, 0.15) is 5.75 Å². The Morgan fingerprint density at radius 2 is 2.04 bits per heavy atom. The number of ether oxygens (including phenoxy) is 1. The van der Waals surface area contributed by atoms with Crippen molar-refractivity contribution in [2.24, 2.45) is 0 Å². The van der Waals surface area contributed by atoms with Gasteiger partial charge in [0.2, 0.25) is 5.91 Å². The summed E-state index contributed by atoms with van der Waals surface area (Å²) in [5.74, 6) is 0.902. The zero-order valence-electron chi connectivity index (χ0n) is 14.2. The Kier molecular flexibility index (Phi) is 4.86. The van der Waals surface area contributed by atoms with Gasteiger partial charge in [0.05, 0.1) is 18.9 Å². The number of nitrogens with zero attached hydrogens (tertiary/aromatic N) is 1. The first-order valence-corrected chi connectivity index (χ1v) is 8.31. The first-order valence-electron chi connectivity index (χ1n) is 8.31. The van der Waals surface area contributed by atoms with Gasteiger partial charge in [-0.3, -0.25) is 4.79 Å². The van der Waals surface area contributed by atoms with Crippen LogP contribution in [-0.2, 0) is 11.2 Å². The van der Waals surface area contributed by atoms with E-state index in [1.807, 2.05) is 54.3 Å². The Morgan fingerprint density at radius 3 is 2.83 bits per heavy atom. The lowest BCUT2D eigenvalue weighted by Crippen LogP contribution is -2.37. The molecule has 24 heavy (non-hydrogen) atoms. The zero-order chi connectivity index (χ0) is 17.1. The molecule has 126 valence electrons. The highest BCUT2D eigenvalue weighted by Crippen LogP contribution is 2.36. The molecule has 1 aliphatic rings. The summed E-state index contributed by atoms with van der Waals surface area (Å²) in [4.78, 5) is 14.6. The lowest BCUT2D eigenvalue weighted by molar-refractivity contribution is -0.118. The van der Waals surface area contributed by atoms with Crippen molar-refractivity contribution in [2.45, 2.75) is 32.3 Å². The molecule has 0 saturated carbocycles. The number of hydrogen-bond acceptors (Lipinski definition) is 3. The molecule has 4 nitrogen and oxygen atoms in total. The van der Waals surface area contributed by atoms with E-state index >= 15 is 0 Å². The minimum atomic E-state index is -0.488. The Morgan fingerprint density at radius 1 is 1.25 bits per heavy atom. The third-order valence-electron chi connectivity index (χ3n) is 4.63. The van der Waals surface area contributed by atoms with Gasteiger partial charge in [-0.15, -0.1) is 0 Å². The van der Waals surface area contributed by atoms with Crippen molar-refractivity contribution < 1.29 is 14.6 Å². The van der Waals surface area contributed by atoms with Crippen LogP contribution < -0.4 is 9.64 Å². The fourth-order valence-electron chi connectivity index (χ4n) is 3.37. The fourth-order valence-corrected chi connectivity index (χ4v) is 3.37. The summed E-state index contributed by atoms with van der Waals surface area (Å²) in [5.41, 5.74) is 3.79. The Bertz CT molecular complexity index is 741. The number of aliphatic hydroxyl groups is 1. The van der Waals surface area contributed by atoms with Gasteiger partial charge in [-0.05, 0) is 37.0 Å². The van der Waals surface area contributed by atoms with Crippen molar-refractivity contribution in [3.05, 3.63) is 59.2 Å². The van der Waals surface area contributed by atoms with Crippen molar-refractivity contribution >= 4 is 11.6 Å². The van der Waals surface area contributed by atoms with Crippen molar-refractivity contribution in [2.75, 3.05) is 18.6 Å². The third-order valence-corrected chi connectivity index (χ3v) is 4.63. The van der Waals surface area contributed by atoms with Crippen molar-refractivity contribution in [3.63, 3.8) is 0 Å². The number of methoxy groups -OCH3 is 1. The second-order valence-electron chi connectivity index (χ2n) is 6.17. The predicted octanol–water partition coefficient (Wildman–Crippen LogP) is 3.41. The Labute approximate surface area is 142 Å². The van der Waals surface area contributed by atoms with Gasteiger partial charge < -0.3 is 14.7 Å². The number of rotatable bonds is 4. The molecule has 0 spiro atoms. The minimum absolute atomic E-state index is 0.0864. The number of fused-ring (bicyclic) bond motifs is 1. The van der Waals surface area contributed by atoms with Gasteiger partial charge in [0, 0.05) is 18.5 Å². The van der Waals surface area contributed by atoms with Crippen LogP contribution in [0.4, 0.5) is 5.69 Å². The highest BCUT2D eigenvalue weighted by atomic mass is 16.5. The number of amides is 1. The highest BCUT2D eigenvalue weighted by Gasteiger charge is 2.28. The first kappa shape index (κ1) is 16.5. The normalized spacial score (nSPS) is 16.6. The van der Waals surface area contributed by atoms with Gasteiger partial charge in [0.15, 0.2) is 0 Å². The first-order chi connectivity index (χ1) is 11.6. The topological polar surface area (TPSA) is 49.8 Å². The number of anilines is 1. The van der Waals surface area contributed by atoms with Gasteiger partial charge in [-0.1, -0.05) is 36.4 Å². The molecule has 0 radical (unpaired) electrons. The van der Waals surface area contributed by atoms with E-state index in [0.29, 0.717) is 25.8 Å². The molecule has 2 aromatic rings. The van der Waals surface area contributed by atoms with Gasteiger partial charge >= 0.3 is 0 Å². The molecule has 0 aliphatic carbocycles. The van der Waals surface area contributed by atoms with E-state index in [4.69, 9.17) is 4.74 Å². The number of carbonyl (C=O) groups excluding carboxylic acids is 1. The van der Waals surface area contributed by atoms with E-state index in [-0.39, 0.29) is 5.91 Å². The van der Waals surface area contributed by atoms with E-state index in [1.165, 1.54) is 0 Å². The van der Waals surface area contributed by atoms with Crippen LogP contribution in [0.2, 0.25) is 0 Å². The third kappa shape index (κ3) is 3.15. The maximum absolute atomic E-state index is 12.8. The summed E-state index contributed by atoms with van der Waals surface area (Å²) < 4.78 is 5.35. The molecule has 1 N–H and O–H groups in total. The molecule has 1 aliphatic heterocycles. The number of aryl methyl sites for hydroxylation is 2. The summed E-state index contributed by atoms with van der Waals surface area (Å²) in [6.45, 7) is 2.54. The number of aliphatic hydroxyl groups excluding tert-OH is 1. The standard InChI is InChI=1S/C20H23NO3/c1-14-6-5-8-16-17(22)12-13-21(20(14)16)19(23)11-10-15-7-3-4-9-18(15)24-2/h3-9,17,22H,10-13H2,1-2H3. The molecule has 4 heteroatoms. The molecule has 1 unspecified atom stereocenters. The van der Waals surface area contributed by atoms with Crippen LogP contribution in [0.1, 0.15) is 35.6 Å². The second-order valence-corrected chi connectivity index (χ2v) is 6.17. The summed E-state index contributed by atoms with van der Waals surface area (Å²) >= 11 is 0. The summed E-state index contributed by atoms with van der Waals surface area (Å²) in [7, 11) is 1.65. The summed E-state index contributed by atoms with van der Waals surface area (Å²) in [6.07, 6.45) is 1.16. The van der Waals surface area contributed by atoms with E-state index in [2.05, 4.69) is 0 Å². The molecule has 1 amide bonds. The van der Waals surface area contributed by atoms with E-state index in [9.17, 15) is 9.90 Å². The summed E-state index contributed by atoms with van der Waals surface area (Å²) in [5, 5.41) is 10.2. The molecular formula is C20H23NO3. The molecule has 2 aromatic carbocycles. The van der Waals surface area contributed by atoms with Crippen LogP contribution in [0.3, 0.4) is 0 Å². The Hall–Kier alpha value is -2.33. The predicted molar refractivity (Wildman–Crippen MR) is 94.4 cm³/mol. The van der Waals surface area contributed by atoms with Gasteiger partial charge in [0.25, 0.3) is 0 Å². The van der Waals surface area contributed by atoms with Crippen LogP contribution in [0.15, 0.2) is 42.5 Å². The van der Waals surface area contributed by atoms with Crippen LogP contribution in [0.5, 0.6) is 5.75 Å². The second kappa shape index (κ2) is 7.05. The lowest BCUT2D eigenvalue weighted by Gasteiger charge is -2.33. The molecule has 3 rings (SSSR count). The Balaban J connectivity index is 1.78. The minimum Gasteiger partial charge on any atom is -0.496 e. The van der Waals surface area contributed by atoms with E-state index in [0.717, 1.165) is 28.1 Å². The molecular weight excluding hydrogens is 302 g/mol. The number of carbonyl (C=O) groups is 1. The quantitative estimate of drug-likeness (QED) is 0.937. The van der Waals surface area contributed by atoms with Gasteiger partial charge in [-0.2, -0.15) is 0 Å². The molecule has 0 bridgehead atoms. The van der Waals surface area contributed by atoms with Crippen LogP contribution in [0, 0.1) is 6.92 Å². The van der Waals surface area contributed by atoms with Crippen molar-refractivity contribution in [1.29, 1.82) is 0 Å². The molecule has 1 atom stereocenters. The van der Waals surface area contributed by atoms with Gasteiger partial charge in [-0.25, -0.2) is 0 Å². The van der Waals surface area contributed by atoms with Crippen molar-refractivity contribution in [1.82, 2.24) is 0 Å². The molecule has 0 saturated heterocycles. The monoisotopic (exact) mass is 325 g/mol. The number of benzene rings is 2. The van der Waals surface area contributed by atoms with Crippen LogP contribution in [-0.4, -0.2) is 24.7 Å². The fraction of sp³-hybridized carbons (Fsp3) is 0.350. The summed E-state index contributed by atoms with van der Waals surface area (Å²) in [6, 6.07) is 13.6. The number of para-hydroxylation sites is 2. The largest absolute Gasteiger partial charge is 0.496 e. The average molecular weight is 325 g/mol. The average Bonchev–Trinajstić information content (AvgIpc) is 2.61. The maximum Gasteiger partial charge on any atom is 0.227 e. The van der Waals surface area contributed by atoms with Crippen LogP contribution in [0.25, 0.3) is 0 Å². The lowest BCUT2D eigenvalue weighted by atomic mass is 9.95. The molecule has 0 aromatic heterocycles. The molecule has 1 heterocycles. The maximum atomic E-state index is 12.8.